The Labute approximate surface area is 90.6 Å². The lowest BCUT2D eigenvalue weighted by Gasteiger charge is -2.11. The van der Waals surface area contributed by atoms with Crippen molar-refractivity contribution in [3.05, 3.63) is 0 Å². The van der Waals surface area contributed by atoms with E-state index in [9.17, 15) is 4.79 Å². The number of hydrogen-bond donors (Lipinski definition) is 2. The minimum atomic E-state index is -0.0537. The summed E-state index contributed by atoms with van der Waals surface area (Å²) in [5.74, 6) is 1.30. The minimum absolute atomic E-state index is 0.0537. The van der Waals surface area contributed by atoms with Crippen LogP contribution in [0.25, 0.3) is 0 Å². The van der Waals surface area contributed by atoms with Crippen LogP contribution in [0.5, 0.6) is 0 Å². The summed E-state index contributed by atoms with van der Waals surface area (Å²) >= 11 is 5.49. The largest absolute Gasteiger partial charge is 0.338 e. The molecule has 2 N–H and O–H groups in total. The van der Waals surface area contributed by atoms with Gasteiger partial charge in [-0.15, -0.1) is 11.6 Å². The first-order valence-corrected chi connectivity index (χ1v) is 5.94. The third-order valence-electron chi connectivity index (χ3n) is 2.62. The van der Waals surface area contributed by atoms with E-state index in [1.165, 1.54) is 25.7 Å². The van der Waals surface area contributed by atoms with Gasteiger partial charge in [0.1, 0.15) is 0 Å². The summed E-state index contributed by atoms with van der Waals surface area (Å²) < 4.78 is 0. The molecule has 0 aliphatic heterocycles. The number of alkyl halides is 1. The second-order valence-electron chi connectivity index (χ2n) is 3.83. The number of carbonyl (C=O) groups excluding carboxylic acids is 1. The Bertz CT molecular complexity index is 170. The Balaban J connectivity index is 1.96. The number of nitrogens with one attached hydrogen (secondary N) is 2. The number of carbonyl (C=O) groups is 1. The maximum Gasteiger partial charge on any atom is 0.314 e. The quantitative estimate of drug-likeness (QED) is 0.539. The molecule has 0 aromatic carbocycles. The van der Waals surface area contributed by atoms with E-state index in [2.05, 4.69) is 10.6 Å². The summed E-state index contributed by atoms with van der Waals surface area (Å²) in [6.07, 6.45) is 6.00. The Morgan fingerprint density at radius 2 is 2.00 bits per heavy atom. The number of halogens is 1. The van der Waals surface area contributed by atoms with E-state index in [1.807, 2.05) is 0 Å². The Morgan fingerprint density at radius 1 is 1.29 bits per heavy atom. The molecule has 1 aliphatic rings. The molecule has 0 radical (unpaired) electrons. The first-order chi connectivity index (χ1) is 6.83. The highest BCUT2D eigenvalue weighted by Crippen LogP contribution is 2.23. The molecular weight excluding hydrogens is 200 g/mol. The summed E-state index contributed by atoms with van der Waals surface area (Å²) in [7, 11) is 0. The molecule has 0 aromatic heterocycles. The predicted octanol–water partition coefficient (Wildman–Crippen LogP) is 2.10. The van der Waals surface area contributed by atoms with Gasteiger partial charge in [0, 0.05) is 19.0 Å². The van der Waals surface area contributed by atoms with Gasteiger partial charge in [-0.2, -0.15) is 0 Å². The Hall–Kier alpha value is -0.440. The number of rotatable bonds is 5. The molecule has 2 amide bonds. The van der Waals surface area contributed by atoms with E-state index in [1.54, 1.807) is 0 Å². The van der Waals surface area contributed by atoms with Gasteiger partial charge in [-0.3, -0.25) is 0 Å². The molecule has 0 aromatic rings. The van der Waals surface area contributed by atoms with Gasteiger partial charge in [-0.05, 0) is 25.2 Å². The summed E-state index contributed by atoms with van der Waals surface area (Å²) in [4.78, 5) is 11.2. The van der Waals surface area contributed by atoms with Gasteiger partial charge in [-0.1, -0.05) is 12.8 Å². The molecule has 0 unspecified atom stereocenters. The second-order valence-corrected chi connectivity index (χ2v) is 4.21. The highest BCUT2D eigenvalue weighted by atomic mass is 35.5. The lowest BCUT2D eigenvalue weighted by molar-refractivity contribution is 0.239. The topological polar surface area (TPSA) is 41.1 Å². The summed E-state index contributed by atoms with van der Waals surface area (Å²) in [6, 6.07) is -0.0537. The van der Waals surface area contributed by atoms with Gasteiger partial charge in [0.2, 0.25) is 0 Å². The zero-order valence-electron chi connectivity index (χ0n) is 8.52. The molecule has 0 bridgehead atoms. The van der Waals surface area contributed by atoms with Crippen LogP contribution in [-0.2, 0) is 0 Å². The van der Waals surface area contributed by atoms with Gasteiger partial charge in [0.15, 0.2) is 0 Å². The van der Waals surface area contributed by atoms with E-state index in [0.29, 0.717) is 18.3 Å². The standard InChI is InChI=1S/C10H19ClN2O/c11-6-3-7-12-10(14)13-8-9-4-1-2-5-9/h9H,1-8H2,(H2,12,13,14). The highest BCUT2D eigenvalue weighted by Gasteiger charge is 2.15. The monoisotopic (exact) mass is 218 g/mol. The Morgan fingerprint density at radius 3 is 2.64 bits per heavy atom. The van der Waals surface area contributed by atoms with Gasteiger partial charge < -0.3 is 10.6 Å². The van der Waals surface area contributed by atoms with Crippen molar-refractivity contribution in [2.24, 2.45) is 5.92 Å². The van der Waals surface area contributed by atoms with Crippen molar-refractivity contribution in [2.45, 2.75) is 32.1 Å². The van der Waals surface area contributed by atoms with Crippen molar-refractivity contribution in [2.75, 3.05) is 19.0 Å². The molecule has 1 rings (SSSR count). The van der Waals surface area contributed by atoms with Gasteiger partial charge in [0.25, 0.3) is 0 Å². The molecule has 0 heterocycles. The van der Waals surface area contributed by atoms with Crippen molar-refractivity contribution in [3.8, 4) is 0 Å². The van der Waals surface area contributed by atoms with E-state index < -0.39 is 0 Å². The fourth-order valence-electron chi connectivity index (χ4n) is 1.78. The molecule has 1 aliphatic carbocycles. The van der Waals surface area contributed by atoms with Gasteiger partial charge >= 0.3 is 6.03 Å². The van der Waals surface area contributed by atoms with Gasteiger partial charge in [-0.25, -0.2) is 4.79 Å². The molecule has 14 heavy (non-hydrogen) atoms. The second kappa shape index (κ2) is 6.93. The molecule has 0 spiro atoms. The van der Waals surface area contributed by atoms with Crippen LogP contribution in [0.3, 0.4) is 0 Å². The van der Waals surface area contributed by atoms with Crippen molar-refractivity contribution in [3.63, 3.8) is 0 Å². The first-order valence-electron chi connectivity index (χ1n) is 5.40. The maximum atomic E-state index is 11.2. The van der Waals surface area contributed by atoms with Crippen LogP contribution in [0, 0.1) is 5.92 Å². The highest BCUT2D eigenvalue weighted by molar-refractivity contribution is 6.17. The third kappa shape index (κ3) is 4.70. The van der Waals surface area contributed by atoms with Crippen LogP contribution in [0.1, 0.15) is 32.1 Å². The summed E-state index contributed by atoms with van der Waals surface area (Å²) in [5, 5.41) is 5.66. The third-order valence-corrected chi connectivity index (χ3v) is 2.89. The predicted molar refractivity (Wildman–Crippen MR) is 58.7 cm³/mol. The fourth-order valence-corrected chi connectivity index (χ4v) is 1.92. The molecule has 4 heteroatoms. The molecule has 1 fully saturated rings. The van der Waals surface area contributed by atoms with Crippen molar-refractivity contribution >= 4 is 17.6 Å². The average molecular weight is 219 g/mol. The molecular formula is C10H19ClN2O. The smallest absolute Gasteiger partial charge is 0.314 e. The molecule has 3 nitrogen and oxygen atoms in total. The number of amides is 2. The zero-order chi connectivity index (χ0) is 10.2. The van der Waals surface area contributed by atoms with Gasteiger partial charge in [0.05, 0.1) is 0 Å². The normalized spacial score (nSPS) is 16.9. The summed E-state index contributed by atoms with van der Waals surface area (Å²) in [5.41, 5.74) is 0. The first kappa shape index (κ1) is 11.6. The van der Waals surface area contributed by atoms with Crippen LogP contribution in [-0.4, -0.2) is 25.0 Å². The molecule has 0 saturated heterocycles. The van der Waals surface area contributed by atoms with E-state index in [4.69, 9.17) is 11.6 Å². The Kier molecular flexibility index (Phi) is 5.76. The SMILES string of the molecule is O=C(NCCCCl)NCC1CCCC1. The van der Waals surface area contributed by atoms with Crippen LogP contribution in [0.4, 0.5) is 4.79 Å². The summed E-state index contributed by atoms with van der Waals surface area (Å²) in [6.45, 7) is 1.49. The molecule has 0 atom stereocenters. The van der Waals surface area contributed by atoms with E-state index in [0.717, 1.165) is 13.0 Å². The van der Waals surface area contributed by atoms with E-state index >= 15 is 0 Å². The number of urea groups is 1. The van der Waals surface area contributed by atoms with Crippen molar-refractivity contribution < 1.29 is 4.79 Å². The van der Waals surface area contributed by atoms with Crippen molar-refractivity contribution in [1.29, 1.82) is 0 Å². The lowest BCUT2D eigenvalue weighted by Crippen LogP contribution is -2.38. The maximum absolute atomic E-state index is 11.2. The van der Waals surface area contributed by atoms with Crippen LogP contribution in [0.2, 0.25) is 0 Å². The fraction of sp³-hybridized carbons (Fsp3) is 0.900. The zero-order valence-corrected chi connectivity index (χ0v) is 9.28. The van der Waals surface area contributed by atoms with Crippen LogP contribution >= 0.6 is 11.6 Å². The van der Waals surface area contributed by atoms with Crippen LogP contribution in [0.15, 0.2) is 0 Å². The lowest BCUT2D eigenvalue weighted by atomic mass is 10.1. The molecule has 1 saturated carbocycles. The number of hydrogen-bond acceptors (Lipinski definition) is 1. The minimum Gasteiger partial charge on any atom is -0.338 e. The average Bonchev–Trinajstić information content (AvgIpc) is 2.68. The molecule has 82 valence electrons. The van der Waals surface area contributed by atoms with Crippen LogP contribution < -0.4 is 10.6 Å². The van der Waals surface area contributed by atoms with Crippen molar-refractivity contribution in [1.82, 2.24) is 10.6 Å². The van der Waals surface area contributed by atoms with E-state index in [-0.39, 0.29) is 6.03 Å².